The number of amides is 1. The lowest BCUT2D eigenvalue weighted by Gasteiger charge is -2.32. The van der Waals surface area contributed by atoms with E-state index in [0.717, 1.165) is 52.9 Å². The average molecular weight is 359 g/mol. The number of carbonyl (C=O) groups excluding carboxylic acids is 1. The van der Waals surface area contributed by atoms with Gasteiger partial charge in [0.15, 0.2) is 5.13 Å². The van der Waals surface area contributed by atoms with E-state index in [4.69, 9.17) is 4.74 Å². The summed E-state index contributed by atoms with van der Waals surface area (Å²) in [7, 11) is 1.83. The van der Waals surface area contributed by atoms with E-state index in [-0.39, 0.29) is 5.91 Å². The fourth-order valence-corrected chi connectivity index (χ4v) is 4.04. The summed E-state index contributed by atoms with van der Waals surface area (Å²) in [6.07, 6.45) is 2.11. The Bertz CT molecular complexity index is 744. The summed E-state index contributed by atoms with van der Waals surface area (Å²) >= 11 is 1.43. The fourth-order valence-electron chi connectivity index (χ4n) is 3.16. The lowest BCUT2D eigenvalue weighted by Crippen LogP contribution is -2.41. The fraction of sp³-hybridized carbons (Fsp3) is 0.474. The van der Waals surface area contributed by atoms with Crippen LogP contribution in [0.15, 0.2) is 24.3 Å². The van der Waals surface area contributed by atoms with E-state index in [1.54, 1.807) is 0 Å². The number of anilines is 1. The van der Waals surface area contributed by atoms with Gasteiger partial charge >= 0.3 is 0 Å². The molecule has 1 unspecified atom stereocenters. The molecule has 1 aromatic heterocycles. The Balaban J connectivity index is 1.61. The first-order valence-electron chi connectivity index (χ1n) is 8.71. The number of benzene rings is 1. The number of hydrogen-bond donors (Lipinski definition) is 1. The smallest absolute Gasteiger partial charge is 0.265 e. The summed E-state index contributed by atoms with van der Waals surface area (Å²) < 4.78 is 6.00. The zero-order valence-corrected chi connectivity index (χ0v) is 15.9. The van der Waals surface area contributed by atoms with Crippen molar-refractivity contribution in [3.63, 3.8) is 0 Å². The number of aryl methyl sites for hydroxylation is 2. The first-order valence-corrected chi connectivity index (χ1v) is 9.53. The Morgan fingerprint density at radius 1 is 1.40 bits per heavy atom. The van der Waals surface area contributed by atoms with Crippen LogP contribution in [0.25, 0.3) is 0 Å². The predicted molar refractivity (Wildman–Crippen MR) is 102 cm³/mol. The highest BCUT2D eigenvalue weighted by atomic mass is 32.1. The minimum atomic E-state index is 0.0945. The molecule has 1 aromatic carbocycles. The van der Waals surface area contributed by atoms with E-state index in [1.807, 2.05) is 37.1 Å². The maximum absolute atomic E-state index is 12.9. The molecule has 134 valence electrons. The molecule has 1 amide bonds. The molecular weight excluding hydrogens is 334 g/mol. The van der Waals surface area contributed by atoms with Crippen LogP contribution in [0.1, 0.15) is 33.8 Å². The summed E-state index contributed by atoms with van der Waals surface area (Å²) in [5, 5.41) is 3.80. The van der Waals surface area contributed by atoms with Crippen LogP contribution in [0.2, 0.25) is 0 Å². The zero-order chi connectivity index (χ0) is 17.8. The Labute approximate surface area is 153 Å². The minimum absolute atomic E-state index is 0.0945. The SMILES string of the molecule is CNc1nc(C)c(C(=O)N2CCCC(COc3ccccc3C)C2)s1. The summed E-state index contributed by atoms with van der Waals surface area (Å²) in [6, 6.07) is 8.06. The molecule has 1 N–H and O–H groups in total. The Morgan fingerprint density at radius 2 is 2.20 bits per heavy atom. The molecule has 0 spiro atoms. The van der Waals surface area contributed by atoms with Crippen molar-refractivity contribution in [1.29, 1.82) is 0 Å². The van der Waals surface area contributed by atoms with Gasteiger partial charge in [-0.3, -0.25) is 4.79 Å². The van der Waals surface area contributed by atoms with E-state index in [9.17, 15) is 4.79 Å². The lowest BCUT2D eigenvalue weighted by molar-refractivity contribution is 0.0637. The molecule has 25 heavy (non-hydrogen) atoms. The van der Waals surface area contributed by atoms with Gasteiger partial charge in [0.2, 0.25) is 0 Å². The maximum Gasteiger partial charge on any atom is 0.265 e. The number of aromatic nitrogens is 1. The van der Waals surface area contributed by atoms with Crippen LogP contribution in [-0.2, 0) is 0 Å². The number of piperidine rings is 1. The lowest BCUT2D eigenvalue weighted by atomic mass is 9.98. The number of rotatable bonds is 5. The number of thiazole rings is 1. The second-order valence-corrected chi connectivity index (χ2v) is 7.52. The van der Waals surface area contributed by atoms with E-state index < -0.39 is 0 Å². The minimum Gasteiger partial charge on any atom is -0.493 e. The van der Waals surface area contributed by atoms with Crippen LogP contribution in [0.5, 0.6) is 5.75 Å². The standard InChI is InChI=1S/C19H25N3O2S/c1-13-7-4-5-9-16(13)24-12-15-8-6-10-22(11-15)18(23)17-14(2)21-19(20-3)25-17/h4-5,7,9,15H,6,8,10-12H2,1-3H3,(H,20,21). The van der Waals surface area contributed by atoms with Crippen LogP contribution in [0, 0.1) is 19.8 Å². The summed E-state index contributed by atoms with van der Waals surface area (Å²) in [5.41, 5.74) is 1.95. The third-order valence-corrected chi connectivity index (χ3v) is 5.74. The van der Waals surface area contributed by atoms with Crippen molar-refractivity contribution in [1.82, 2.24) is 9.88 Å². The topological polar surface area (TPSA) is 54.5 Å². The van der Waals surface area contributed by atoms with Gasteiger partial charge in [-0.05, 0) is 38.3 Å². The van der Waals surface area contributed by atoms with Gasteiger partial charge < -0.3 is 15.0 Å². The van der Waals surface area contributed by atoms with Crippen LogP contribution in [0.3, 0.4) is 0 Å². The van der Waals surface area contributed by atoms with Crippen molar-refractivity contribution in [2.45, 2.75) is 26.7 Å². The van der Waals surface area contributed by atoms with Crippen molar-refractivity contribution < 1.29 is 9.53 Å². The van der Waals surface area contributed by atoms with Gasteiger partial charge in [0.1, 0.15) is 10.6 Å². The Kier molecular flexibility index (Phi) is 5.58. The van der Waals surface area contributed by atoms with Crippen LogP contribution >= 0.6 is 11.3 Å². The number of carbonyl (C=O) groups is 1. The molecule has 1 fully saturated rings. The van der Waals surface area contributed by atoms with E-state index in [0.29, 0.717) is 12.5 Å². The number of hydrogen-bond acceptors (Lipinski definition) is 5. The van der Waals surface area contributed by atoms with E-state index in [1.165, 1.54) is 11.3 Å². The van der Waals surface area contributed by atoms with Gasteiger partial charge in [0.25, 0.3) is 5.91 Å². The third kappa shape index (κ3) is 4.12. The van der Waals surface area contributed by atoms with Gasteiger partial charge in [-0.15, -0.1) is 0 Å². The molecule has 1 aliphatic rings. The molecule has 5 nitrogen and oxygen atoms in total. The first kappa shape index (κ1) is 17.7. The molecule has 3 rings (SSSR count). The number of ether oxygens (including phenoxy) is 1. The van der Waals surface area contributed by atoms with Crippen molar-refractivity contribution >= 4 is 22.4 Å². The summed E-state index contributed by atoms with van der Waals surface area (Å²) in [6.45, 7) is 6.16. The van der Waals surface area contributed by atoms with Gasteiger partial charge in [0.05, 0.1) is 12.3 Å². The molecule has 6 heteroatoms. The maximum atomic E-state index is 12.9. The first-order chi connectivity index (χ1) is 12.1. The van der Waals surface area contributed by atoms with Crippen LogP contribution in [0.4, 0.5) is 5.13 Å². The molecule has 0 bridgehead atoms. The quantitative estimate of drug-likeness (QED) is 0.884. The second kappa shape index (κ2) is 7.87. The molecule has 1 aliphatic heterocycles. The van der Waals surface area contributed by atoms with Crippen molar-refractivity contribution in [2.75, 3.05) is 32.1 Å². The highest BCUT2D eigenvalue weighted by Gasteiger charge is 2.27. The molecular formula is C19H25N3O2S. The number of likely N-dealkylation sites (tertiary alicyclic amines) is 1. The van der Waals surface area contributed by atoms with Gasteiger partial charge in [-0.1, -0.05) is 29.5 Å². The highest BCUT2D eigenvalue weighted by molar-refractivity contribution is 7.17. The van der Waals surface area contributed by atoms with Crippen molar-refractivity contribution in [3.05, 3.63) is 40.4 Å². The molecule has 1 atom stereocenters. The van der Waals surface area contributed by atoms with Gasteiger partial charge in [-0.25, -0.2) is 4.98 Å². The van der Waals surface area contributed by atoms with Gasteiger partial charge in [-0.2, -0.15) is 0 Å². The second-order valence-electron chi connectivity index (χ2n) is 6.52. The van der Waals surface area contributed by atoms with Crippen molar-refractivity contribution in [3.8, 4) is 5.75 Å². The van der Waals surface area contributed by atoms with E-state index >= 15 is 0 Å². The van der Waals surface area contributed by atoms with Gasteiger partial charge in [0, 0.05) is 26.1 Å². The monoisotopic (exact) mass is 359 g/mol. The summed E-state index contributed by atoms with van der Waals surface area (Å²) in [4.78, 5) is 19.9. The predicted octanol–water partition coefficient (Wildman–Crippen LogP) is 3.73. The molecule has 0 aliphatic carbocycles. The largest absolute Gasteiger partial charge is 0.493 e. The summed E-state index contributed by atoms with van der Waals surface area (Å²) in [5.74, 6) is 1.40. The molecule has 0 saturated carbocycles. The molecule has 2 heterocycles. The normalized spacial score (nSPS) is 17.4. The number of para-hydroxylation sites is 1. The number of nitrogens with zero attached hydrogens (tertiary/aromatic N) is 2. The average Bonchev–Trinajstić information content (AvgIpc) is 3.01. The number of nitrogens with one attached hydrogen (secondary N) is 1. The molecule has 2 aromatic rings. The Hall–Kier alpha value is -2.08. The van der Waals surface area contributed by atoms with Crippen molar-refractivity contribution in [2.24, 2.45) is 5.92 Å². The van der Waals surface area contributed by atoms with Crippen LogP contribution < -0.4 is 10.1 Å². The zero-order valence-electron chi connectivity index (χ0n) is 15.0. The molecule has 1 saturated heterocycles. The van der Waals surface area contributed by atoms with Crippen LogP contribution in [-0.4, -0.2) is 42.5 Å². The Morgan fingerprint density at radius 3 is 2.92 bits per heavy atom. The molecule has 0 radical (unpaired) electrons. The third-order valence-electron chi connectivity index (χ3n) is 4.58. The van der Waals surface area contributed by atoms with E-state index in [2.05, 4.69) is 23.3 Å². The highest BCUT2D eigenvalue weighted by Crippen LogP contribution is 2.26.